The summed E-state index contributed by atoms with van der Waals surface area (Å²) in [6, 6.07) is 3.77. The number of furan rings is 1. The fraction of sp³-hybridized carbons (Fsp3) is 0.500. The maximum atomic E-state index is 10.6. The van der Waals surface area contributed by atoms with Crippen LogP contribution in [0.1, 0.15) is 26.0 Å². The molecule has 0 aliphatic heterocycles. The number of ether oxygens (including phenoxy) is 1. The lowest BCUT2D eigenvalue weighted by Crippen LogP contribution is -2.12. The van der Waals surface area contributed by atoms with Gasteiger partial charge in [-0.1, -0.05) is 0 Å². The molecule has 0 aliphatic rings. The Morgan fingerprint density at radius 3 is 3.00 bits per heavy atom. The van der Waals surface area contributed by atoms with Crippen molar-refractivity contribution in [2.24, 2.45) is 0 Å². The molecule has 1 heterocycles. The second-order valence-corrected chi connectivity index (χ2v) is 3.04. The van der Waals surface area contributed by atoms with Gasteiger partial charge in [0, 0.05) is 13.3 Å². The van der Waals surface area contributed by atoms with Crippen LogP contribution in [0.25, 0.3) is 0 Å². The molecule has 0 aromatic carbocycles. The summed E-state index contributed by atoms with van der Waals surface area (Å²) in [5, 5.41) is 0. The summed E-state index contributed by atoms with van der Waals surface area (Å²) >= 11 is 0. The van der Waals surface area contributed by atoms with Gasteiger partial charge in [0.05, 0.1) is 12.4 Å². The van der Waals surface area contributed by atoms with Gasteiger partial charge in [0.1, 0.15) is 5.76 Å². The van der Waals surface area contributed by atoms with Crippen LogP contribution in [0.2, 0.25) is 0 Å². The van der Waals surface area contributed by atoms with Crippen molar-refractivity contribution in [2.75, 3.05) is 0 Å². The van der Waals surface area contributed by atoms with Gasteiger partial charge in [0.25, 0.3) is 0 Å². The number of aryl methyl sites for hydroxylation is 1. The highest BCUT2D eigenvalue weighted by atomic mass is 16.5. The van der Waals surface area contributed by atoms with Crippen LogP contribution in [0.3, 0.4) is 0 Å². The average molecular weight is 182 g/mol. The Morgan fingerprint density at radius 1 is 1.69 bits per heavy atom. The molecule has 3 nitrogen and oxygen atoms in total. The van der Waals surface area contributed by atoms with Crippen LogP contribution in [-0.4, -0.2) is 12.1 Å². The molecule has 72 valence electrons. The highest BCUT2D eigenvalue weighted by Gasteiger charge is 2.06. The molecule has 0 spiro atoms. The van der Waals surface area contributed by atoms with Crippen molar-refractivity contribution in [3.63, 3.8) is 0 Å². The van der Waals surface area contributed by atoms with Gasteiger partial charge in [-0.05, 0) is 25.5 Å². The van der Waals surface area contributed by atoms with E-state index in [4.69, 9.17) is 9.15 Å². The van der Waals surface area contributed by atoms with E-state index in [-0.39, 0.29) is 12.1 Å². The predicted octanol–water partition coefficient (Wildman–Crippen LogP) is 2.16. The molecule has 0 aliphatic carbocycles. The lowest BCUT2D eigenvalue weighted by molar-refractivity contribution is -0.145. The van der Waals surface area contributed by atoms with E-state index in [2.05, 4.69) is 0 Å². The minimum absolute atomic E-state index is 0.0393. The Hall–Kier alpha value is -1.25. The molecular weight excluding hydrogens is 168 g/mol. The van der Waals surface area contributed by atoms with Crippen molar-refractivity contribution in [3.8, 4) is 0 Å². The molecule has 0 saturated heterocycles. The molecule has 1 rings (SSSR count). The van der Waals surface area contributed by atoms with E-state index in [0.29, 0.717) is 0 Å². The maximum Gasteiger partial charge on any atom is 0.302 e. The van der Waals surface area contributed by atoms with Crippen LogP contribution < -0.4 is 0 Å². The first-order valence-corrected chi connectivity index (χ1v) is 4.38. The monoisotopic (exact) mass is 182 g/mol. The van der Waals surface area contributed by atoms with Crippen LogP contribution in [0.15, 0.2) is 22.8 Å². The summed E-state index contributed by atoms with van der Waals surface area (Å²) in [4.78, 5) is 10.6. The summed E-state index contributed by atoms with van der Waals surface area (Å²) in [5.74, 6) is 0.700. The second kappa shape index (κ2) is 4.70. The third kappa shape index (κ3) is 3.78. The third-order valence-corrected chi connectivity index (χ3v) is 1.74. The normalized spacial score (nSPS) is 12.5. The fourth-order valence-corrected chi connectivity index (χ4v) is 1.14. The van der Waals surface area contributed by atoms with Crippen LogP contribution in [0, 0.1) is 0 Å². The molecule has 0 radical (unpaired) electrons. The zero-order valence-electron chi connectivity index (χ0n) is 7.95. The highest BCUT2D eigenvalue weighted by molar-refractivity contribution is 5.66. The average Bonchev–Trinajstić information content (AvgIpc) is 2.51. The number of hydrogen-bond acceptors (Lipinski definition) is 3. The van der Waals surface area contributed by atoms with E-state index in [9.17, 15) is 4.79 Å². The van der Waals surface area contributed by atoms with E-state index >= 15 is 0 Å². The minimum atomic E-state index is -0.230. The number of esters is 1. The Labute approximate surface area is 77.7 Å². The highest BCUT2D eigenvalue weighted by Crippen LogP contribution is 2.07. The first kappa shape index (κ1) is 9.84. The van der Waals surface area contributed by atoms with E-state index < -0.39 is 0 Å². The summed E-state index contributed by atoms with van der Waals surface area (Å²) in [7, 11) is 0. The first-order valence-electron chi connectivity index (χ1n) is 4.38. The number of hydrogen-bond donors (Lipinski definition) is 0. The van der Waals surface area contributed by atoms with Crippen LogP contribution in [0.4, 0.5) is 0 Å². The van der Waals surface area contributed by atoms with Crippen molar-refractivity contribution in [2.45, 2.75) is 32.8 Å². The molecule has 1 aromatic rings. The van der Waals surface area contributed by atoms with Crippen LogP contribution in [-0.2, 0) is 16.0 Å². The van der Waals surface area contributed by atoms with Gasteiger partial charge in [0.2, 0.25) is 0 Å². The smallest absolute Gasteiger partial charge is 0.302 e. The van der Waals surface area contributed by atoms with Gasteiger partial charge < -0.3 is 9.15 Å². The Morgan fingerprint density at radius 2 is 2.46 bits per heavy atom. The quantitative estimate of drug-likeness (QED) is 0.670. The van der Waals surface area contributed by atoms with Gasteiger partial charge in [0.15, 0.2) is 0 Å². The molecule has 0 amide bonds. The number of carbonyl (C=O) groups excluding carboxylic acids is 1. The Bertz CT molecular complexity index is 251. The van der Waals surface area contributed by atoms with E-state index in [1.54, 1.807) is 6.26 Å². The third-order valence-electron chi connectivity index (χ3n) is 1.74. The number of rotatable bonds is 4. The van der Waals surface area contributed by atoms with Gasteiger partial charge in [-0.15, -0.1) is 0 Å². The van der Waals surface area contributed by atoms with Crippen LogP contribution in [0.5, 0.6) is 0 Å². The molecule has 0 fully saturated rings. The van der Waals surface area contributed by atoms with Gasteiger partial charge in [-0.3, -0.25) is 4.79 Å². The van der Waals surface area contributed by atoms with E-state index in [0.717, 1.165) is 18.6 Å². The zero-order chi connectivity index (χ0) is 9.68. The predicted molar refractivity (Wildman–Crippen MR) is 48.3 cm³/mol. The molecule has 0 saturated carbocycles. The van der Waals surface area contributed by atoms with Gasteiger partial charge in [-0.2, -0.15) is 0 Å². The van der Waals surface area contributed by atoms with Gasteiger partial charge >= 0.3 is 5.97 Å². The lowest BCUT2D eigenvalue weighted by Gasteiger charge is -2.09. The number of carbonyl (C=O) groups is 1. The molecule has 1 atom stereocenters. The molecule has 0 N–H and O–H groups in total. The second-order valence-electron chi connectivity index (χ2n) is 3.04. The standard InChI is InChI=1S/C10H14O3/c1-8(13-9(2)11)5-6-10-4-3-7-12-10/h3-4,7-8H,5-6H2,1-2H3/t8-/m1/s1. The topological polar surface area (TPSA) is 39.4 Å². The summed E-state index contributed by atoms with van der Waals surface area (Å²) < 4.78 is 10.1. The summed E-state index contributed by atoms with van der Waals surface area (Å²) in [6.45, 7) is 3.30. The van der Waals surface area contributed by atoms with Crippen molar-refractivity contribution in [1.29, 1.82) is 0 Å². The first-order chi connectivity index (χ1) is 6.18. The van der Waals surface area contributed by atoms with Crippen molar-refractivity contribution in [3.05, 3.63) is 24.2 Å². The molecule has 0 unspecified atom stereocenters. The zero-order valence-corrected chi connectivity index (χ0v) is 7.95. The summed E-state index contributed by atoms with van der Waals surface area (Å²) in [6.07, 6.45) is 3.21. The lowest BCUT2D eigenvalue weighted by atomic mass is 10.2. The minimum Gasteiger partial charge on any atom is -0.469 e. The molecule has 13 heavy (non-hydrogen) atoms. The van der Waals surface area contributed by atoms with Crippen molar-refractivity contribution in [1.82, 2.24) is 0 Å². The van der Waals surface area contributed by atoms with Crippen LogP contribution >= 0.6 is 0 Å². The summed E-state index contributed by atoms with van der Waals surface area (Å²) in [5.41, 5.74) is 0. The Kier molecular flexibility index (Phi) is 3.55. The van der Waals surface area contributed by atoms with E-state index in [1.165, 1.54) is 6.92 Å². The van der Waals surface area contributed by atoms with E-state index in [1.807, 2.05) is 19.1 Å². The van der Waals surface area contributed by atoms with Crippen molar-refractivity contribution < 1.29 is 13.9 Å². The van der Waals surface area contributed by atoms with Gasteiger partial charge in [-0.25, -0.2) is 0 Å². The molecule has 3 heteroatoms. The van der Waals surface area contributed by atoms with Crippen molar-refractivity contribution >= 4 is 5.97 Å². The maximum absolute atomic E-state index is 10.6. The molecule has 1 aromatic heterocycles. The fourth-order valence-electron chi connectivity index (χ4n) is 1.14. The largest absolute Gasteiger partial charge is 0.469 e. The SMILES string of the molecule is CC(=O)O[C@H](C)CCc1ccco1. The Balaban J connectivity index is 2.22. The molecular formula is C10H14O3. The molecule has 0 bridgehead atoms.